The van der Waals surface area contributed by atoms with Gasteiger partial charge in [0.2, 0.25) is 0 Å². The molecule has 0 aromatic rings. The van der Waals surface area contributed by atoms with Crippen LogP contribution in [0, 0.1) is 0 Å². The van der Waals surface area contributed by atoms with E-state index in [0.29, 0.717) is 0 Å². The number of methoxy groups -OCH3 is 1. The number of rotatable bonds is 3. The Morgan fingerprint density at radius 2 is 2.45 bits per heavy atom. The molecule has 2 N–H and O–H groups in total. The second-order valence-electron chi connectivity index (χ2n) is 3.05. The van der Waals surface area contributed by atoms with Crippen LogP contribution in [-0.2, 0) is 4.74 Å². The van der Waals surface area contributed by atoms with Crippen molar-refractivity contribution in [3.05, 3.63) is 0 Å². The zero-order valence-corrected chi connectivity index (χ0v) is 7.05. The number of aliphatic hydroxyl groups excluding tert-OH is 1. The van der Waals surface area contributed by atoms with Gasteiger partial charge in [-0.1, -0.05) is 0 Å². The third kappa shape index (κ3) is 2.77. The lowest BCUT2D eigenvalue weighted by molar-refractivity contribution is 0.0752. The van der Waals surface area contributed by atoms with Gasteiger partial charge in [-0.3, -0.25) is 0 Å². The molecule has 0 saturated carbocycles. The average molecular weight is 159 g/mol. The average Bonchev–Trinajstić information content (AvgIpc) is 2.03. The van der Waals surface area contributed by atoms with Gasteiger partial charge in [-0.25, -0.2) is 0 Å². The minimum atomic E-state index is -0.168. The summed E-state index contributed by atoms with van der Waals surface area (Å²) in [5.41, 5.74) is 0. The van der Waals surface area contributed by atoms with Crippen molar-refractivity contribution >= 4 is 0 Å². The number of aliphatic hydroxyl groups is 1. The lowest BCUT2D eigenvalue weighted by Gasteiger charge is -2.28. The molecule has 0 aromatic carbocycles. The Morgan fingerprint density at radius 3 is 3.09 bits per heavy atom. The van der Waals surface area contributed by atoms with Crippen LogP contribution in [0.15, 0.2) is 0 Å². The molecule has 66 valence electrons. The van der Waals surface area contributed by atoms with Gasteiger partial charge in [-0.2, -0.15) is 0 Å². The topological polar surface area (TPSA) is 41.5 Å². The normalized spacial score (nSPS) is 32.2. The number of piperidine rings is 1. The first kappa shape index (κ1) is 8.97. The molecule has 0 amide bonds. The van der Waals surface area contributed by atoms with Crippen molar-refractivity contribution in [3.63, 3.8) is 0 Å². The Hall–Kier alpha value is -0.120. The molecule has 1 rings (SSSR count). The minimum absolute atomic E-state index is 0.168. The molecule has 0 radical (unpaired) electrons. The Labute approximate surface area is 67.7 Å². The van der Waals surface area contributed by atoms with Gasteiger partial charge in [-0.15, -0.1) is 0 Å². The molecule has 1 heterocycles. The molecule has 0 aromatic heterocycles. The summed E-state index contributed by atoms with van der Waals surface area (Å²) in [6.07, 6.45) is 2.77. The quantitative estimate of drug-likeness (QED) is 0.615. The van der Waals surface area contributed by atoms with Gasteiger partial charge >= 0.3 is 0 Å². The highest BCUT2D eigenvalue weighted by molar-refractivity contribution is 4.80. The van der Waals surface area contributed by atoms with E-state index in [1.54, 1.807) is 7.11 Å². The van der Waals surface area contributed by atoms with Crippen LogP contribution in [0.4, 0.5) is 0 Å². The lowest BCUT2D eigenvalue weighted by atomic mass is 9.99. The Kier molecular flexibility index (Phi) is 3.83. The van der Waals surface area contributed by atoms with Gasteiger partial charge in [0.1, 0.15) is 0 Å². The van der Waals surface area contributed by atoms with Crippen molar-refractivity contribution in [2.45, 2.75) is 31.4 Å². The van der Waals surface area contributed by atoms with Gasteiger partial charge in [-0.05, 0) is 25.8 Å². The van der Waals surface area contributed by atoms with E-state index in [0.717, 1.165) is 32.4 Å². The SMILES string of the molecule is COCC[C@H]1NCCC[C@@H]1O. The Bertz CT molecular complexity index is 108. The maximum Gasteiger partial charge on any atom is 0.0694 e. The Morgan fingerprint density at radius 1 is 1.64 bits per heavy atom. The van der Waals surface area contributed by atoms with Crippen molar-refractivity contribution in [1.82, 2.24) is 5.32 Å². The summed E-state index contributed by atoms with van der Waals surface area (Å²) in [6.45, 7) is 1.76. The lowest BCUT2D eigenvalue weighted by Crippen LogP contribution is -2.45. The van der Waals surface area contributed by atoms with Crippen LogP contribution < -0.4 is 5.32 Å². The third-order valence-corrected chi connectivity index (χ3v) is 2.18. The van der Waals surface area contributed by atoms with E-state index in [1.807, 2.05) is 0 Å². The van der Waals surface area contributed by atoms with E-state index in [4.69, 9.17) is 4.74 Å². The maximum atomic E-state index is 9.48. The summed E-state index contributed by atoms with van der Waals surface area (Å²) in [6, 6.07) is 0.253. The number of ether oxygens (including phenoxy) is 1. The van der Waals surface area contributed by atoms with Gasteiger partial charge in [0.05, 0.1) is 6.10 Å². The standard InChI is InChI=1S/C8H17NO2/c1-11-6-4-7-8(10)3-2-5-9-7/h7-10H,2-6H2,1H3/t7-,8+/m1/s1. The van der Waals surface area contributed by atoms with Crippen LogP contribution in [-0.4, -0.2) is 37.5 Å². The minimum Gasteiger partial charge on any atom is -0.392 e. The molecule has 1 saturated heterocycles. The molecule has 11 heavy (non-hydrogen) atoms. The number of hydrogen-bond donors (Lipinski definition) is 2. The molecule has 1 aliphatic heterocycles. The van der Waals surface area contributed by atoms with Crippen LogP contribution in [0.3, 0.4) is 0 Å². The Balaban J connectivity index is 2.18. The molecule has 0 bridgehead atoms. The predicted octanol–water partition coefficient (Wildman–Crippen LogP) is 0.136. The summed E-state index contributed by atoms with van der Waals surface area (Å²) in [4.78, 5) is 0. The fourth-order valence-electron chi connectivity index (χ4n) is 1.48. The molecule has 3 heteroatoms. The van der Waals surface area contributed by atoms with Crippen LogP contribution >= 0.6 is 0 Å². The van der Waals surface area contributed by atoms with Crippen LogP contribution in [0.25, 0.3) is 0 Å². The monoisotopic (exact) mass is 159 g/mol. The molecule has 0 unspecified atom stereocenters. The summed E-state index contributed by atoms with van der Waals surface area (Å²) in [5.74, 6) is 0. The van der Waals surface area contributed by atoms with Crippen LogP contribution in [0.5, 0.6) is 0 Å². The van der Waals surface area contributed by atoms with E-state index in [9.17, 15) is 5.11 Å². The van der Waals surface area contributed by atoms with E-state index < -0.39 is 0 Å². The van der Waals surface area contributed by atoms with Crippen molar-refractivity contribution < 1.29 is 9.84 Å². The highest BCUT2D eigenvalue weighted by atomic mass is 16.5. The van der Waals surface area contributed by atoms with Gasteiger partial charge < -0.3 is 15.2 Å². The van der Waals surface area contributed by atoms with Crippen molar-refractivity contribution in [2.24, 2.45) is 0 Å². The molecule has 2 atom stereocenters. The first-order valence-corrected chi connectivity index (χ1v) is 4.25. The van der Waals surface area contributed by atoms with E-state index in [2.05, 4.69) is 5.32 Å². The summed E-state index contributed by atoms with van der Waals surface area (Å²) < 4.78 is 4.94. The fourth-order valence-corrected chi connectivity index (χ4v) is 1.48. The largest absolute Gasteiger partial charge is 0.392 e. The third-order valence-electron chi connectivity index (χ3n) is 2.18. The van der Waals surface area contributed by atoms with Crippen molar-refractivity contribution in [1.29, 1.82) is 0 Å². The highest BCUT2D eigenvalue weighted by Gasteiger charge is 2.21. The zero-order valence-electron chi connectivity index (χ0n) is 7.05. The molecular weight excluding hydrogens is 142 g/mol. The summed E-state index contributed by atoms with van der Waals surface area (Å²) in [5, 5.41) is 12.8. The molecular formula is C8H17NO2. The molecule has 1 fully saturated rings. The van der Waals surface area contributed by atoms with E-state index in [1.165, 1.54) is 0 Å². The smallest absolute Gasteiger partial charge is 0.0694 e. The summed E-state index contributed by atoms with van der Waals surface area (Å²) in [7, 11) is 1.69. The molecule has 0 aliphatic carbocycles. The molecule has 1 aliphatic rings. The molecule has 0 spiro atoms. The van der Waals surface area contributed by atoms with E-state index in [-0.39, 0.29) is 12.1 Å². The molecule has 3 nitrogen and oxygen atoms in total. The predicted molar refractivity (Wildman–Crippen MR) is 43.5 cm³/mol. The van der Waals surface area contributed by atoms with Gasteiger partial charge in [0.15, 0.2) is 0 Å². The van der Waals surface area contributed by atoms with Crippen LogP contribution in [0.2, 0.25) is 0 Å². The zero-order chi connectivity index (χ0) is 8.10. The van der Waals surface area contributed by atoms with E-state index >= 15 is 0 Å². The van der Waals surface area contributed by atoms with Gasteiger partial charge in [0.25, 0.3) is 0 Å². The van der Waals surface area contributed by atoms with Crippen LogP contribution in [0.1, 0.15) is 19.3 Å². The van der Waals surface area contributed by atoms with Crippen molar-refractivity contribution in [2.75, 3.05) is 20.3 Å². The van der Waals surface area contributed by atoms with Gasteiger partial charge in [0, 0.05) is 19.8 Å². The van der Waals surface area contributed by atoms with Crippen molar-refractivity contribution in [3.8, 4) is 0 Å². The first-order chi connectivity index (χ1) is 5.34. The number of hydrogen-bond acceptors (Lipinski definition) is 3. The highest BCUT2D eigenvalue weighted by Crippen LogP contribution is 2.10. The maximum absolute atomic E-state index is 9.48. The second-order valence-corrected chi connectivity index (χ2v) is 3.05. The number of nitrogens with one attached hydrogen (secondary N) is 1. The summed E-state index contributed by atoms with van der Waals surface area (Å²) >= 11 is 0. The first-order valence-electron chi connectivity index (χ1n) is 4.25. The second kappa shape index (κ2) is 4.70. The fraction of sp³-hybridized carbons (Fsp3) is 1.00.